The minimum absolute atomic E-state index is 0.0425. The Morgan fingerprint density at radius 3 is 2.41 bits per heavy atom. The van der Waals surface area contributed by atoms with Gasteiger partial charge in [-0.05, 0) is 78.4 Å². The first kappa shape index (κ1) is 24.5. The van der Waals surface area contributed by atoms with Gasteiger partial charge in [0.2, 0.25) is 5.91 Å². The molecule has 0 fully saturated rings. The molecule has 0 unspecified atom stereocenters. The van der Waals surface area contributed by atoms with Crippen LogP contribution in [0.15, 0.2) is 42.5 Å². The molecule has 0 saturated carbocycles. The van der Waals surface area contributed by atoms with Gasteiger partial charge in [-0.2, -0.15) is 0 Å². The number of fused-ring (bicyclic) bond motifs is 1. The summed E-state index contributed by atoms with van der Waals surface area (Å²) in [5, 5.41) is 9.78. The third-order valence-electron chi connectivity index (χ3n) is 5.71. The smallest absolute Gasteiger partial charge is 0.256 e. The molecular weight excluding hydrogens is 517 g/mol. The quantitative estimate of drug-likeness (QED) is 0.353. The summed E-state index contributed by atoms with van der Waals surface area (Å²) in [4.78, 5) is 27.8. The van der Waals surface area contributed by atoms with E-state index in [1.807, 2.05) is 61.3 Å². The normalized spacial score (nSPS) is 13.0. The SMILES string of the molecule is CNCCCNC(=O)CN(CC(=O)N(C)N1Cc2ccccc2C1)c1cc(I)ccc1C. The standard InChI is InChI=1S/C24H32IN5O2/c1-18-9-10-21(25)13-22(18)29(16-23(31)27-12-6-11-26-2)17-24(32)28(3)30-14-19-7-4-5-8-20(19)15-30/h4-5,7-10,13,26H,6,11-12,14-17H2,1-3H3,(H,27,31). The number of hydrogen-bond acceptors (Lipinski definition) is 5. The third-order valence-corrected chi connectivity index (χ3v) is 6.38. The lowest BCUT2D eigenvalue weighted by molar-refractivity contribution is -0.145. The molecule has 8 heteroatoms. The average molecular weight is 549 g/mol. The number of nitrogens with zero attached hydrogens (tertiary/aromatic N) is 3. The summed E-state index contributed by atoms with van der Waals surface area (Å²) in [5.41, 5.74) is 4.45. The van der Waals surface area contributed by atoms with Crippen LogP contribution >= 0.6 is 22.6 Å². The summed E-state index contributed by atoms with van der Waals surface area (Å²) in [6, 6.07) is 14.4. The molecule has 7 nitrogen and oxygen atoms in total. The van der Waals surface area contributed by atoms with Crippen LogP contribution in [0.4, 0.5) is 5.69 Å². The van der Waals surface area contributed by atoms with Crippen molar-refractivity contribution in [3.8, 4) is 0 Å². The van der Waals surface area contributed by atoms with Crippen LogP contribution in [0.3, 0.4) is 0 Å². The van der Waals surface area contributed by atoms with Crippen molar-refractivity contribution in [1.82, 2.24) is 20.7 Å². The molecule has 1 aliphatic heterocycles. The van der Waals surface area contributed by atoms with Gasteiger partial charge in [0.25, 0.3) is 5.91 Å². The molecule has 0 radical (unpaired) electrons. The Bertz CT molecular complexity index is 927. The first-order valence-electron chi connectivity index (χ1n) is 10.9. The number of nitrogens with one attached hydrogen (secondary N) is 2. The zero-order chi connectivity index (χ0) is 23.1. The minimum Gasteiger partial charge on any atom is -0.355 e. The molecule has 2 aromatic rings. The Balaban J connectivity index is 1.69. The Morgan fingerprint density at radius 2 is 1.75 bits per heavy atom. The molecule has 2 amide bonds. The van der Waals surface area contributed by atoms with E-state index in [1.54, 1.807) is 5.01 Å². The molecule has 0 bridgehead atoms. The van der Waals surface area contributed by atoms with E-state index in [0.717, 1.165) is 27.8 Å². The Hall–Kier alpha value is -2.17. The molecule has 0 aliphatic carbocycles. The molecule has 0 saturated heterocycles. The maximum absolute atomic E-state index is 13.2. The molecule has 0 aromatic heterocycles. The van der Waals surface area contributed by atoms with Crippen molar-refractivity contribution < 1.29 is 9.59 Å². The van der Waals surface area contributed by atoms with Crippen LogP contribution in [0.5, 0.6) is 0 Å². The molecule has 172 valence electrons. The van der Waals surface area contributed by atoms with Crippen molar-refractivity contribution in [3.05, 3.63) is 62.7 Å². The zero-order valence-corrected chi connectivity index (χ0v) is 21.2. The fourth-order valence-corrected chi connectivity index (χ4v) is 4.30. The number of hydrogen-bond donors (Lipinski definition) is 2. The largest absolute Gasteiger partial charge is 0.355 e. The van der Waals surface area contributed by atoms with Gasteiger partial charge in [0, 0.05) is 35.9 Å². The number of rotatable bonds is 10. The molecule has 2 aromatic carbocycles. The maximum atomic E-state index is 13.2. The first-order valence-corrected chi connectivity index (χ1v) is 12.0. The van der Waals surface area contributed by atoms with Crippen molar-refractivity contribution in [1.29, 1.82) is 0 Å². The summed E-state index contributed by atoms with van der Waals surface area (Å²) in [6.45, 7) is 5.17. The highest BCUT2D eigenvalue weighted by molar-refractivity contribution is 14.1. The van der Waals surface area contributed by atoms with Crippen LogP contribution in [0, 0.1) is 10.5 Å². The summed E-state index contributed by atoms with van der Waals surface area (Å²) < 4.78 is 1.07. The number of hydrazine groups is 1. The van der Waals surface area contributed by atoms with Gasteiger partial charge in [0.05, 0.1) is 13.1 Å². The monoisotopic (exact) mass is 549 g/mol. The third kappa shape index (κ3) is 6.43. The van der Waals surface area contributed by atoms with Crippen LogP contribution < -0.4 is 15.5 Å². The van der Waals surface area contributed by atoms with Gasteiger partial charge in [-0.1, -0.05) is 30.3 Å². The highest BCUT2D eigenvalue weighted by Crippen LogP contribution is 2.25. The van der Waals surface area contributed by atoms with Gasteiger partial charge >= 0.3 is 0 Å². The molecule has 0 spiro atoms. The highest BCUT2D eigenvalue weighted by atomic mass is 127. The van der Waals surface area contributed by atoms with Crippen LogP contribution in [0.2, 0.25) is 0 Å². The van der Waals surface area contributed by atoms with E-state index in [4.69, 9.17) is 0 Å². The van der Waals surface area contributed by atoms with Crippen LogP contribution in [-0.4, -0.2) is 62.1 Å². The number of likely N-dealkylation sites (N-methyl/N-ethyl adjacent to an activating group) is 1. The van der Waals surface area contributed by atoms with E-state index in [9.17, 15) is 9.59 Å². The predicted molar refractivity (Wildman–Crippen MR) is 136 cm³/mol. The van der Waals surface area contributed by atoms with Gasteiger partial charge in [-0.25, -0.2) is 5.01 Å². The van der Waals surface area contributed by atoms with E-state index in [2.05, 4.69) is 45.4 Å². The van der Waals surface area contributed by atoms with Crippen molar-refractivity contribution >= 4 is 40.1 Å². The number of halogens is 1. The topological polar surface area (TPSA) is 67.9 Å². The van der Waals surface area contributed by atoms with Gasteiger partial charge in [0.15, 0.2) is 0 Å². The number of carbonyl (C=O) groups is 2. The van der Waals surface area contributed by atoms with Crippen molar-refractivity contribution in [2.24, 2.45) is 0 Å². The first-order chi connectivity index (χ1) is 15.4. The molecule has 3 rings (SSSR count). The second-order valence-electron chi connectivity index (χ2n) is 8.10. The number of aryl methyl sites for hydroxylation is 1. The summed E-state index contributed by atoms with van der Waals surface area (Å²) in [6.07, 6.45) is 0.863. The Morgan fingerprint density at radius 1 is 1.06 bits per heavy atom. The molecule has 32 heavy (non-hydrogen) atoms. The van der Waals surface area contributed by atoms with E-state index in [0.29, 0.717) is 19.6 Å². The number of amides is 2. The molecular formula is C24H32IN5O2. The number of carbonyl (C=O) groups excluding carboxylic acids is 2. The van der Waals surface area contributed by atoms with Crippen LogP contribution in [-0.2, 0) is 22.7 Å². The van der Waals surface area contributed by atoms with Crippen molar-refractivity contribution in [3.63, 3.8) is 0 Å². The van der Waals surface area contributed by atoms with Gasteiger partial charge in [0.1, 0.15) is 0 Å². The maximum Gasteiger partial charge on any atom is 0.256 e. The zero-order valence-electron chi connectivity index (χ0n) is 19.0. The molecule has 2 N–H and O–H groups in total. The number of benzene rings is 2. The average Bonchev–Trinajstić information content (AvgIpc) is 3.21. The van der Waals surface area contributed by atoms with Crippen molar-refractivity contribution in [2.75, 3.05) is 45.2 Å². The molecule has 1 aliphatic rings. The highest BCUT2D eigenvalue weighted by Gasteiger charge is 2.27. The lowest BCUT2D eigenvalue weighted by Gasteiger charge is -2.32. The van der Waals surface area contributed by atoms with E-state index >= 15 is 0 Å². The fraction of sp³-hybridized carbons (Fsp3) is 0.417. The Labute approximate surface area is 204 Å². The lowest BCUT2D eigenvalue weighted by Crippen LogP contribution is -2.48. The second kappa shape index (κ2) is 11.6. The molecule has 0 atom stereocenters. The Kier molecular flexibility index (Phi) is 8.89. The predicted octanol–water partition coefficient (Wildman–Crippen LogP) is 2.52. The van der Waals surface area contributed by atoms with E-state index < -0.39 is 0 Å². The summed E-state index contributed by atoms with van der Waals surface area (Å²) in [7, 11) is 3.70. The van der Waals surface area contributed by atoms with Crippen LogP contribution in [0.25, 0.3) is 0 Å². The van der Waals surface area contributed by atoms with Crippen LogP contribution in [0.1, 0.15) is 23.1 Å². The lowest BCUT2D eigenvalue weighted by atomic mass is 10.1. The summed E-state index contributed by atoms with van der Waals surface area (Å²) in [5.74, 6) is -0.123. The fourth-order valence-electron chi connectivity index (χ4n) is 3.82. The van der Waals surface area contributed by atoms with E-state index in [-0.39, 0.29) is 24.9 Å². The number of anilines is 1. The van der Waals surface area contributed by atoms with Gasteiger partial charge in [-0.15, -0.1) is 0 Å². The van der Waals surface area contributed by atoms with Gasteiger partial charge < -0.3 is 15.5 Å². The molecule has 1 heterocycles. The van der Waals surface area contributed by atoms with Gasteiger partial charge in [-0.3, -0.25) is 14.6 Å². The van der Waals surface area contributed by atoms with E-state index in [1.165, 1.54) is 11.1 Å². The summed E-state index contributed by atoms with van der Waals surface area (Å²) >= 11 is 2.26. The minimum atomic E-state index is -0.0802. The second-order valence-corrected chi connectivity index (χ2v) is 9.35. The van der Waals surface area contributed by atoms with Crippen molar-refractivity contribution in [2.45, 2.75) is 26.4 Å².